The van der Waals surface area contributed by atoms with Gasteiger partial charge in [-0.25, -0.2) is 0 Å². The summed E-state index contributed by atoms with van der Waals surface area (Å²) in [4.78, 5) is 16.4. The highest BCUT2D eigenvalue weighted by Gasteiger charge is 2.09. The van der Waals surface area contributed by atoms with E-state index in [4.69, 9.17) is 10.5 Å². The summed E-state index contributed by atoms with van der Waals surface area (Å²) in [6, 6.07) is 21.1. The molecule has 124 valence electrons. The van der Waals surface area contributed by atoms with Crippen molar-refractivity contribution in [2.45, 2.75) is 0 Å². The molecule has 0 fully saturated rings. The van der Waals surface area contributed by atoms with Crippen LogP contribution in [0, 0.1) is 22.7 Å². The molecule has 0 atom stereocenters. The summed E-state index contributed by atoms with van der Waals surface area (Å²) in [5, 5.41) is 23.5. The molecule has 0 aliphatic rings. The predicted molar refractivity (Wildman–Crippen MR) is 97.8 cm³/mol. The van der Waals surface area contributed by atoms with Crippen molar-refractivity contribution in [3.05, 3.63) is 83.7 Å². The van der Waals surface area contributed by atoms with Crippen LogP contribution in [0.25, 0.3) is 0 Å². The molecule has 0 saturated heterocycles. The van der Waals surface area contributed by atoms with E-state index in [0.29, 0.717) is 22.5 Å². The fourth-order valence-electron chi connectivity index (χ4n) is 2.25. The third kappa shape index (κ3) is 4.02. The lowest BCUT2D eigenvalue weighted by Crippen LogP contribution is -2.13. The predicted octanol–water partition coefficient (Wildman–Crippen LogP) is 3.82. The fraction of sp³-hybridized carbons (Fsp3) is 0. The normalized spacial score (nSPS) is 9.62. The summed E-state index contributed by atoms with van der Waals surface area (Å²) in [6.07, 6.45) is 1.54. The largest absolute Gasteiger partial charge is 0.355 e. The number of nitrogens with one attached hydrogen (secondary N) is 2. The van der Waals surface area contributed by atoms with Crippen LogP contribution >= 0.6 is 0 Å². The summed E-state index contributed by atoms with van der Waals surface area (Å²) < 4.78 is 0. The van der Waals surface area contributed by atoms with Gasteiger partial charge in [0.05, 0.1) is 23.3 Å². The molecular formula is C20H13N5O. The van der Waals surface area contributed by atoms with E-state index < -0.39 is 0 Å². The minimum Gasteiger partial charge on any atom is -0.355 e. The van der Waals surface area contributed by atoms with Crippen LogP contribution in [0.4, 0.5) is 17.1 Å². The second kappa shape index (κ2) is 7.61. The molecule has 6 heteroatoms. The van der Waals surface area contributed by atoms with Gasteiger partial charge in [0.1, 0.15) is 5.69 Å². The maximum Gasteiger partial charge on any atom is 0.274 e. The number of anilines is 3. The number of hydrogen-bond acceptors (Lipinski definition) is 5. The van der Waals surface area contributed by atoms with Crippen LogP contribution in [-0.2, 0) is 0 Å². The van der Waals surface area contributed by atoms with E-state index in [1.54, 1.807) is 66.9 Å². The minimum atomic E-state index is -0.349. The third-order valence-corrected chi connectivity index (χ3v) is 3.57. The van der Waals surface area contributed by atoms with E-state index in [9.17, 15) is 4.79 Å². The van der Waals surface area contributed by atoms with Crippen molar-refractivity contribution in [3.63, 3.8) is 0 Å². The minimum absolute atomic E-state index is 0.257. The van der Waals surface area contributed by atoms with Gasteiger partial charge in [-0.15, -0.1) is 0 Å². The number of hydrogen-bond donors (Lipinski definition) is 2. The molecule has 2 N–H and O–H groups in total. The number of amides is 1. The molecule has 0 aliphatic carbocycles. The van der Waals surface area contributed by atoms with E-state index >= 15 is 0 Å². The van der Waals surface area contributed by atoms with Crippen LogP contribution in [0.5, 0.6) is 0 Å². The third-order valence-electron chi connectivity index (χ3n) is 3.57. The molecular weight excluding hydrogens is 326 g/mol. The molecule has 6 nitrogen and oxygen atoms in total. The Bertz CT molecular complexity index is 1010. The number of rotatable bonds is 4. The molecule has 3 rings (SSSR count). The average molecular weight is 339 g/mol. The number of pyridine rings is 1. The van der Waals surface area contributed by atoms with Crippen LogP contribution < -0.4 is 10.6 Å². The molecule has 3 aromatic rings. The quantitative estimate of drug-likeness (QED) is 0.752. The van der Waals surface area contributed by atoms with E-state index in [2.05, 4.69) is 21.7 Å². The topological polar surface area (TPSA) is 102 Å². The van der Waals surface area contributed by atoms with Crippen molar-refractivity contribution in [1.29, 1.82) is 10.5 Å². The average Bonchev–Trinajstić information content (AvgIpc) is 2.69. The fourth-order valence-corrected chi connectivity index (χ4v) is 2.25. The van der Waals surface area contributed by atoms with Crippen LogP contribution in [0.15, 0.2) is 66.9 Å². The molecule has 26 heavy (non-hydrogen) atoms. The van der Waals surface area contributed by atoms with Gasteiger partial charge in [-0.3, -0.25) is 9.78 Å². The molecule has 0 bridgehead atoms. The zero-order valence-corrected chi connectivity index (χ0v) is 13.6. The molecule has 0 aliphatic heterocycles. The number of nitrogens with zero attached hydrogens (tertiary/aromatic N) is 3. The first-order valence-electron chi connectivity index (χ1n) is 7.73. The van der Waals surface area contributed by atoms with Crippen LogP contribution in [0.3, 0.4) is 0 Å². The van der Waals surface area contributed by atoms with Gasteiger partial charge in [0, 0.05) is 23.3 Å². The zero-order chi connectivity index (χ0) is 18.4. The van der Waals surface area contributed by atoms with Crippen molar-refractivity contribution in [3.8, 4) is 12.1 Å². The molecule has 0 spiro atoms. The van der Waals surface area contributed by atoms with Gasteiger partial charge in [-0.1, -0.05) is 0 Å². The van der Waals surface area contributed by atoms with Crippen molar-refractivity contribution in [2.75, 3.05) is 10.6 Å². The van der Waals surface area contributed by atoms with Crippen LogP contribution in [0.2, 0.25) is 0 Å². The Balaban J connectivity index is 1.72. The van der Waals surface area contributed by atoms with Gasteiger partial charge < -0.3 is 10.6 Å². The van der Waals surface area contributed by atoms with E-state index in [-0.39, 0.29) is 11.6 Å². The lowest BCUT2D eigenvalue weighted by molar-refractivity contribution is 0.102. The number of carbonyl (C=O) groups excluding carboxylic acids is 1. The zero-order valence-electron chi connectivity index (χ0n) is 13.6. The van der Waals surface area contributed by atoms with E-state index in [0.717, 1.165) is 5.69 Å². The summed E-state index contributed by atoms with van der Waals surface area (Å²) in [6.45, 7) is 0. The highest BCUT2D eigenvalue weighted by atomic mass is 16.1. The van der Waals surface area contributed by atoms with E-state index in [1.807, 2.05) is 6.07 Å². The Kier molecular flexibility index (Phi) is 4.88. The summed E-state index contributed by atoms with van der Waals surface area (Å²) in [7, 11) is 0. The van der Waals surface area contributed by atoms with Gasteiger partial charge in [-0.2, -0.15) is 10.5 Å². The SMILES string of the molecule is N#Cc1ccc(NC(=O)c2cc(Nc3ccc(C#N)cc3)ccn2)cc1. The Morgan fingerprint density at radius 2 is 1.38 bits per heavy atom. The maximum atomic E-state index is 12.4. The number of carbonyl (C=O) groups is 1. The Labute approximate surface area is 150 Å². The Morgan fingerprint density at radius 3 is 1.96 bits per heavy atom. The first-order chi connectivity index (χ1) is 12.7. The molecule has 0 saturated carbocycles. The van der Waals surface area contributed by atoms with Gasteiger partial charge in [0.15, 0.2) is 0 Å². The first-order valence-corrected chi connectivity index (χ1v) is 7.73. The molecule has 1 aromatic heterocycles. The number of nitriles is 2. The highest BCUT2D eigenvalue weighted by molar-refractivity contribution is 6.03. The van der Waals surface area contributed by atoms with Gasteiger partial charge in [0.25, 0.3) is 5.91 Å². The molecule has 0 unspecified atom stereocenters. The summed E-state index contributed by atoms with van der Waals surface area (Å²) >= 11 is 0. The smallest absolute Gasteiger partial charge is 0.274 e. The summed E-state index contributed by atoms with van der Waals surface area (Å²) in [5.41, 5.74) is 3.44. The second-order valence-corrected chi connectivity index (χ2v) is 5.39. The van der Waals surface area contributed by atoms with Crippen molar-refractivity contribution < 1.29 is 4.79 Å². The van der Waals surface area contributed by atoms with Crippen molar-refractivity contribution in [2.24, 2.45) is 0 Å². The number of aromatic nitrogens is 1. The molecule has 2 aromatic carbocycles. The van der Waals surface area contributed by atoms with E-state index in [1.165, 1.54) is 0 Å². The Morgan fingerprint density at radius 1 is 0.808 bits per heavy atom. The maximum absolute atomic E-state index is 12.4. The Hall–Kier alpha value is -4.16. The highest BCUT2D eigenvalue weighted by Crippen LogP contribution is 2.18. The van der Waals surface area contributed by atoms with Crippen molar-refractivity contribution in [1.82, 2.24) is 4.98 Å². The van der Waals surface area contributed by atoms with Crippen LogP contribution in [-0.4, -0.2) is 10.9 Å². The van der Waals surface area contributed by atoms with Gasteiger partial charge in [0.2, 0.25) is 0 Å². The molecule has 1 heterocycles. The van der Waals surface area contributed by atoms with Crippen LogP contribution in [0.1, 0.15) is 21.6 Å². The molecule has 1 amide bonds. The van der Waals surface area contributed by atoms with Gasteiger partial charge >= 0.3 is 0 Å². The standard InChI is InChI=1S/C20H13N5O/c21-12-14-1-5-16(6-2-14)24-18-9-10-23-19(11-18)20(26)25-17-7-3-15(13-22)4-8-17/h1-11H,(H,23,24)(H,25,26). The molecule has 0 radical (unpaired) electrons. The lowest BCUT2D eigenvalue weighted by atomic mass is 10.2. The van der Waals surface area contributed by atoms with Crippen molar-refractivity contribution >= 4 is 23.0 Å². The monoisotopic (exact) mass is 339 g/mol. The second-order valence-electron chi connectivity index (χ2n) is 5.39. The number of benzene rings is 2. The van der Waals surface area contributed by atoms with Gasteiger partial charge in [-0.05, 0) is 60.7 Å². The summed E-state index contributed by atoms with van der Waals surface area (Å²) in [5.74, 6) is -0.349. The lowest BCUT2D eigenvalue weighted by Gasteiger charge is -2.09. The first kappa shape index (κ1) is 16.7.